The number of benzene rings is 1. The van der Waals surface area contributed by atoms with Crippen molar-refractivity contribution in [2.24, 2.45) is 0 Å². The Hall–Kier alpha value is -1.26. The molecule has 4 heteroatoms. The lowest BCUT2D eigenvalue weighted by Gasteiger charge is -2.45. The molecule has 2 unspecified atom stereocenters. The standard InChI is InChI=1S/C16H22O4/c1-3-11-9-16(6-7-19-11)10-14(17)13-5-4-12(18-2)8-15(13)20-16/h4-5,8,11,14,17H,3,6-7,9-10H2,1-2H3/t11?,14-,16?/m1/s1. The van der Waals surface area contributed by atoms with Crippen molar-refractivity contribution in [2.75, 3.05) is 13.7 Å². The van der Waals surface area contributed by atoms with Crippen molar-refractivity contribution in [3.05, 3.63) is 23.8 Å². The molecule has 1 spiro atoms. The summed E-state index contributed by atoms with van der Waals surface area (Å²) in [7, 11) is 1.64. The summed E-state index contributed by atoms with van der Waals surface area (Å²) >= 11 is 0. The first-order valence-corrected chi connectivity index (χ1v) is 7.32. The highest BCUT2D eigenvalue weighted by Gasteiger charge is 2.44. The lowest BCUT2D eigenvalue weighted by atomic mass is 9.80. The molecule has 2 heterocycles. The first-order chi connectivity index (χ1) is 9.65. The Labute approximate surface area is 119 Å². The summed E-state index contributed by atoms with van der Waals surface area (Å²) in [6.07, 6.45) is 3.05. The normalized spacial score (nSPS) is 32.5. The van der Waals surface area contributed by atoms with Crippen LogP contribution in [0.4, 0.5) is 0 Å². The minimum Gasteiger partial charge on any atom is -0.497 e. The van der Waals surface area contributed by atoms with E-state index in [1.165, 1.54) is 0 Å². The van der Waals surface area contributed by atoms with Crippen LogP contribution >= 0.6 is 0 Å². The quantitative estimate of drug-likeness (QED) is 0.903. The SMILES string of the molecule is CCC1CC2(CCO1)C[C@@H](O)c1ccc(OC)cc1O2. The Balaban J connectivity index is 1.90. The van der Waals surface area contributed by atoms with Crippen LogP contribution in [0, 0.1) is 0 Å². The fraction of sp³-hybridized carbons (Fsp3) is 0.625. The third-order valence-electron chi connectivity index (χ3n) is 4.44. The molecule has 3 atom stereocenters. The zero-order chi connectivity index (χ0) is 14.2. The molecule has 4 nitrogen and oxygen atoms in total. The van der Waals surface area contributed by atoms with Crippen molar-refractivity contribution in [1.29, 1.82) is 0 Å². The predicted octanol–water partition coefficient (Wildman–Crippen LogP) is 2.84. The minimum absolute atomic E-state index is 0.225. The van der Waals surface area contributed by atoms with Crippen LogP contribution in [0.2, 0.25) is 0 Å². The van der Waals surface area contributed by atoms with Crippen molar-refractivity contribution in [2.45, 2.75) is 50.4 Å². The van der Waals surface area contributed by atoms with E-state index < -0.39 is 6.10 Å². The minimum atomic E-state index is -0.472. The highest BCUT2D eigenvalue weighted by molar-refractivity contribution is 5.44. The average Bonchev–Trinajstić information content (AvgIpc) is 2.46. The number of methoxy groups -OCH3 is 1. The zero-order valence-corrected chi connectivity index (χ0v) is 12.1. The van der Waals surface area contributed by atoms with E-state index in [2.05, 4.69) is 6.92 Å². The van der Waals surface area contributed by atoms with Gasteiger partial charge in [0.25, 0.3) is 0 Å². The van der Waals surface area contributed by atoms with Gasteiger partial charge in [0.15, 0.2) is 0 Å². The Morgan fingerprint density at radius 3 is 3.00 bits per heavy atom. The number of hydrogen-bond donors (Lipinski definition) is 1. The highest BCUT2D eigenvalue weighted by atomic mass is 16.5. The van der Waals surface area contributed by atoms with Gasteiger partial charge in [0.1, 0.15) is 17.1 Å². The largest absolute Gasteiger partial charge is 0.497 e. The highest BCUT2D eigenvalue weighted by Crippen LogP contribution is 2.46. The molecule has 20 heavy (non-hydrogen) atoms. The van der Waals surface area contributed by atoms with Gasteiger partial charge in [-0.15, -0.1) is 0 Å². The summed E-state index contributed by atoms with van der Waals surface area (Å²) < 4.78 is 17.3. The maximum absolute atomic E-state index is 10.4. The second-order valence-electron chi connectivity index (χ2n) is 5.76. The van der Waals surface area contributed by atoms with Crippen LogP contribution < -0.4 is 9.47 Å². The monoisotopic (exact) mass is 278 g/mol. The molecular formula is C16H22O4. The number of rotatable bonds is 2. The van der Waals surface area contributed by atoms with Crippen molar-refractivity contribution >= 4 is 0 Å². The maximum Gasteiger partial charge on any atom is 0.129 e. The van der Waals surface area contributed by atoms with Gasteiger partial charge in [-0.05, 0) is 18.6 Å². The summed E-state index contributed by atoms with van der Waals surface area (Å²) in [4.78, 5) is 0. The first kappa shape index (κ1) is 13.7. The number of aliphatic hydroxyl groups is 1. The van der Waals surface area contributed by atoms with Crippen LogP contribution in [-0.2, 0) is 4.74 Å². The topological polar surface area (TPSA) is 47.9 Å². The van der Waals surface area contributed by atoms with E-state index in [0.29, 0.717) is 13.0 Å². The molecule has 0 amide bonds. The van der Waals surface area contributed by atoms with Gasteiger partial charge >= 0.3 is 0 Å². The smallest absolute Gasteiger partial charge is 0.129 e. The molecule has 1 fully saturated rings. The van der Waals surface area contributed by atoms with E-state index >= 15 is 0 Å². The Kier molecular flexibility index (Phi) is 3.61. The molecule has 1 aromatic rings. The Morgan fingerprint density at radius 2 is 2.25 bits per heavy atom. The van der Waals surface area contributed by atoms with E-state index in [9.17, 15) is 5.11 Å². The lowest BCUT2D eigenvalue weighted by Crippen LogP contribution is -2.48. The fourth-order valence-corrected chi connectivity index (χ4v) is 3.27. The number of aliphatic hydroxyl groups excluding tert-OH is 1. The van der Waals surface area contributed by atoms with Gasteiger partial charge in [-0.2, -0.15) is 0 Å². The second-order valence-corrected chi connectivity index (χ2v) is 5.76. The first-order valence-electron chi connectivity index (χ1n) is 7.32. The molecule has 110 valence electrons. The van der Waals surface area contributed by atoms with Crippen molar-refractivity contribution in [1.82, 2.24) is 0 Å². The van der Waals surface area contributed by atoms with Crippen LogP contribution in [0.5, 0.6) is 11.5 Å². The molecule has 3 rings (SSSR count). The molecule has 0 saturated carbocycles. The van der Waals surface area contributed by atoms with Crippen molar-refractivity contribution in [3.8, 4) is 11.5 Å². The second kappa shape index (κ2) is 5.26. The molecule has 2 aliphatic rings. The van der Waals surface area contributed by atoms with Crippen LogP contribution in [0.15, 0.2) is 18.2 Å². The molecular weight excluding hydrogens is 256 g/mol. The van der Waals surface area contributed by atoms with E-state index in [4.69, 9.17) is 14.2 Å². The van der Waals surface area contributed by atoms with Crippen LogP contribution in [0.3, 0.4) is 0 Å². The molecule has 0 radical (unpaired) electrons. The average molecular weight is 278 g/mol. The van der Waals surface area contributed by atoms with Gasteiger partial charge < -0.3 is 19.3 Å². The Bertz CT molecular complexity index is 487. The summed E-state index contributed by atoms with van der Waals surface area (Å²) in [6.45, 7) is 2.82. The Morgan fingerprint density at radius 1 is 1.40 bits per heavy atom. The van der Waals surface area contributed by atoms with Gasteiger partial charge in [0, 0.05) is 30.9 Å². The maximum atomic E-state index is 10.4. The molecule has 0 bridgehead atoms. The van der Waals surface area contributed by atoms with Gasteiger partial charge in [-0.3, -0.25) is 0 Å². The molecule has 0 aromatic heterocycles. The number of fused-ring (bicyclic) bond motifs is 1. The third-order valence-corrected chi connectivity index (χ3v) is 4.44. The summed E-state index contributed by atoms with van der Waals surface area (Å²) in [5.74, 6) is 1.51. The van der Waals surface area contributed by atoms with E-state index in [1.54, 1.807) is 7.11 Å². The molecule has 2 aliphatic heterocycles. The van der Waals surface area contributed by atoms with Crippen LogP contribution in [0.25, 0.3) is 0 Å². The van der Waals surface area contributed by atoms with E-state index in [0.717, 1.165) is 36.3 Å². The van der Waals surface area contributed by atoms with Gasteiger partial charge in [-0.25, -0.2) is 0 Å². The van der Waals surface area contributed by atoms with E-state index in [1.807, 2.05) is 18.2 Å². The summed E-state index contributed by atoms with van der Waals surface area (Å²) in [5, 5.41) is 10.4. The predicted molar refractivity (Wildman–Crippen MR) is 75.2 cm³/mol. The number of hydrogen-bond acceptors (Lipinski definition) is 4. The third kappa shape index (κ3) is 2.38. The molecule has 1 aromatic carbocycles. The van der Waals surface area contributed by atoms with Gasteiger partial charge in [-0.1, -0.05) is 6.92 Å². The summed E-state index contributed by atoms with van der Waals surface area (Å²) in [5.41, 5.74) is 0.563. The van der Waals surface area contributed by atoms with Crippen molar-refractivity contribution < 1.29 is 19.3 Å². The van der Waals surface area contributed by atoms with Crippen LogP contribution in [-0.4, -0.2) is 30.5 Å². The summed E-state index contributed by atoms with van der Waals surface area (Å²) in [6, 6.07) is 5.63. The number of ether oxygens (including phenoxy) is 3. The fourth-order valence-electron chi connectivity index (χ4n) is 3.27. The molecule has 1 saturated heterocycles. The van der Waals surface area contributed by atoms with Crippen molar-refractivity contribution in [3.63, 3.8) is 0 Å². The lowest BCUT2D eigenvalue weighted by molar-refractivity contribution is -0.116. The molecule has 1 N–H and O–H groups in total. The zero-order valence-electron chi connectivity index (χ0n) is 12.1. The van der Waals surface area contributed by atoms with Crippen LogP contribution in [0.1, 0.15) is 44.3 Å². The van der Waals surface area contributed by atoms with Gasteiger partial charge in [0.05, 0.1) is 25.9 Å². The van der Waals surface area contributed by atoms with Gasteiger partial charge in [0.2, 0.25) is 0 Å². The molecule has 0 aliphatic carbocycles. The van der Waals surface area contributed by atoms with E-state index in [-0.39, 0.29) is 11.7 Å².